The Labute approximate surface area is 92.6 Å². The number of nitrogens with zero attached hydrogens (tertiary/aromatic N) is 1. The van der Waals surface area contributed by atoms with E-state index in [9.17, 15) is 9.18 Å². The average molecular weight is 228 g/mol. The number of rotatable bonds is 1. The minimum Gasteiger partial charge on any atom is -0.312 e. The summed E-state index contributed by atoms with van der Waals surface area (Å²) in [5.74, 6) is -0.109. The van der Waals surface area contributed by atoms with Crippen LogP contribution in [0.1, 0.15) is 13.3 Å². The van der Waals surface area contributed by atoms with E-state index in [4.69, 9.17) is 11.6 Å². The second-order valence-corrected chi connectivity index (χ2v) is 4.32. The molecule has 0 aliphatic carbocycles. The fourth-order valence-corrected chi connectivity index (χ4v) is 1.91. The molecule has 1 aromatic carbocycles. The van der Waals surface area contributed by atoms with E-state index in [-0.39, 0.29) is 10.9 Å². The highest BCUT2D eigenvalue weighted by Crippen LogP contribution is 2.27. The van der Waals surface area contributed by atoms with Crippen LogP contribution in [0.3, 0.4) is 0 Å². The molecule has 2 nitrogen and oxygen atoms in total. The van der Waals surface area contributed by atoms with Gasteiger partial charge in [0.2, 0.25) is 5.91 Å². The molecule has 0 bridgehead atoms. The molecule has 0 radical (unpaired) electrons. The molecule has 80 valence electrons. The van der Waals surface area contributed by atoms with Crippen molar-refractivity contribution in [3.8, 4) is 0 Å². The number of halogens is 2. The van der Waals surface area contributed by atoms with Gasteiger partial charge in [0.15, 0.2) is 0 Å². The molecule has 15 heavy (non-hydrogen) atoms. The Morgan fingerprint density at radius 1 is 1.53 bits per heavy atom. The highest BCUT2D eigenvalue weighted by molar-refractivity contribution is 6.30. The van der Waals surface area contributed by atoms with E-state index in [0.29, 0.717) is 24.6 Å². The van der Waals surface area contributed by atoms with Crippen LogP contribution in [-0.2, 0) is 4.79 Å². The first-order valence-corrected chi connectivity index (χ1v) is 5.21. The van der Waals surface area contributed by atoms with Gasteiger partial charge >= 0.3 is 0 Å². The maximum absolute atomic E-state index is 13.2. The highest BCUT2D eigenvalue weighted by Gasteiger charge is 2.27. The molecule has 4 heteroatoms. The zero-order valence-corrected chi connectivity index (χ0v) is 9.09. The van der Waals surface area contributed by atoms with Crippen LogP contribution in [0, 0.1) is 11.7 Å². The Hall–Kier alpha value is -1.09. The molecule has 1 saturated heterocycles. The maximum Gasteiger partial charge on any atom is 0.227 e. The summed E-state index contributed by atoms with van der Waals surface area (Å²) in [6, 6.07) is 4.45. The standard InChI is InChI=1S/C11H11ClFNO/c1-7-4-11(15)14(6-7)8-2-3-9(12)10(13)5-8/h2-3,5,7H,4,6H2,1H3. The molecule has 0 N–H and O–H groups in total. The molecular formula is C11H11ClFNO. The number of carbonyl (C=O) groups is 1. The predicted molar refractivity (Wildman–Crippen MR) is 57.5 cm³/mol. The maximum atomic E-state index is 13.2. The van der Waals surface area contributed by atoms with Crippen LogP contribution in [0.2, 0.25) is 5.02 Å². The van der Waals surface area contributed by atoms with Gasteiger partial charge < -0.3 is 4.90 Å². The summed E-state index contributed by atoms with van der Waals surface area (Å²) in [6.07, 6.45) is 0.532. The number of anilines is 1. The summed E-state index contributed by atoms with van der Waals surface area (Å²) in [6.45, 7) is 2.66. The molecule has 1 unspecified atom stereocenters. The van der Waals surface area contributed by atoms with Gasteiger partial charge in [0.1, 0.15) is 5.82 Å². The Morgan fingerprint density at radius 2 is 2.27 bits per heavy atom. The van der Waals surface area contributed by atoms with Crippen LogP contribution in [0.15, 0.2) is 18.2 Å². The van der Waals surface area contributed by atoms with Gasteiger partial charge in [-0.3, -0.25) is 4.79 Å². The van der Waals surface area contributed by atoms with Gasteiger partial charge in [-0.25, -0.2) is 4.39 Å². The lowest BCUT2D eigenvalue weighted by molar-refractivity contribution is -0.117. The molecule has 2 rings (SSSR count). The van der Waals surface area contributed by atoms with Gasteiger partial charge in [0, 0.05) is 18.7 Å². The van der Waals surface area contributed by atoms with Crippen molar-refractivity contribution in [3.05, 3.63) is 29.0 Å². The van der Waals surface area contributed by atoms with E-state index in [0.717, 1.165) is 0 Å². The van der Waals surface area contributed by atoms with E-state index in [1.807, 2.05) is 6.92 Å². The van der Waals surface area contributed by atoms with E-state index >= 15 is 0 Å². The summed E-state index contributed by atoms with van der Waals surface area (Å²) in [7, 11) is 0. The largest absolute Gasteiger partial charge is 0.312 e. The first-order chi connectivity index (χ1) is 7.08. The lowest BCUT2D eigenvalue weighted by atomic mass is 10.2. The number of hydrogen-bond acceptors (Lipinski definition) is 1. The molecule has 0 aromatic heterocycles. The van der Waals surface area contributed by atoms with Crippen molar-refractivity contribution in [3.63, 3.8) is 0 Å². The van der Waals surface area contributed by atoms with Crippen molar-refractivity contribution in [2.75, 3.05) is 11.4 Å². The van der Waals surface area contributed by atoms with Crippen molar-refractivity contribution in [1.82, 2.24) is 0 Å². The lowest BCUT2D eigenvalue weighted by Crippen LogP contribution is -2.24. The second-order valence-electron chi connectivity index (χ2n) is 3.91. The van der Waals surface area contributed by atoms with Gasteiger partial charge in [-0.15, -0.1) is 0 Å². The number of carbonyl (C=O) groups excluding carboxylic acids is 1. The molecule has 1 aliphatic rings. The third-order valence-corrected chi connectivity index (χ3v) is 2.84. The third kappa shape index (κ3) is 1.97. The molecule has 1 amide bonds. The smallest absolute Gasteiger partial charge is 0.227 e. The quantitative estimate of drug-likeness (QED) is 0.723. The van der Waals surface area contributed by atoms with E-state index < -0.39 is 5.82 Å². The van der Waals surface area contributed by atoms with Crippen molar-refractivity contribution in [1.29, 1.82) is 0 Å². The van der Waals surface area contributed by atoms with Crippen LogP contribution in [0.25, 0.3) is 0 Å². The van der Waals surface area contributed by atoms with Crippen LogP contribution in [-0.4, -0.2) is 12.5 Å². The Bertz CT molecular complexity index is 408. The average Bonchev–Trinajstić information content (AvgIpc) is 2.50. The zero-order chi connectivity index (χ0) is 11.0. The van der Waals surface area contributed by atoms with Gasteiger partial charge in [-0.05, 0) is 24.1 Å². The molecule has 1 fully saturated rings. The summed E-state index contributed by atoms with van der Waals surface area (Å²) in [5.41, 5.74) is 0.589. The SMILES string of the molecule is CC1CC(=O)N(c2ccc(Cl)c(F)c2)C1. The van der Waals surface area contributed by atoms with Gasteiger partial charge in [0.25, 0.3) is 0 Å². The fourth-order valence-electron chi connectivity index (χ4n) is 1.79. The molecule has 0 saturated carbocycles. The Kier molecular flexibility index (Phi) is 2.65. The highest BCUT2D eigenvalue weighted by atomic mass is 35.5. The Balaban J connectivity index is 2.30. The zero-order valence-electron chi connectivity index (χ0n) is 8.34. The van der Waals surface area contributed by atoms with Gasteiger partial charge in [-0.2, -0.15) is 0 Å². The molecule has 0 spiro atoms. The van der Waals surface area contributed by atoms with Crippen molar-refractivity contribution >= 4 is 23.2 Å². The minimum atomic E-state index is -0.485. The normalized spacial score (nSPS) is 21.1. The summed E-state index contributed by atoms with van der Waals surface area (Å²) < 4.78 is 13.2. The monoisotopic (exact) mass is 227 g/mol. The minimum absolute atomic E-state index is 0.0456. The number of benzene rings is 1. The van der Waals surface area contributed by atoms with E-state index in [2.05, 4.69) is 0 Å². The third-order valence-electron chi connectivity index (χ3n) is 2.53. The topological polar surface area (TPSA) is 20.3 Å². The molecule has 1 aromatic rings. The van der Waals surface area contributed by atoms with E-state index in [1.165, 1.54) is 12.1 Å². The van der Waals surface area contributed by atoms with E-state index in [1.54, 1.807) is 11.0 Å². The van der Waals surface area contributed by atoms with Crippen molar-refractivity contribution in [2.45, 2.75) is 13.3 Å². The Morgan fingerprint density at radius 3 is 2.80 bits per heavy atom. The summed E-state index contributed by atoms with van der Waals surface area (Å²) in [4.78, 5) is 13.2. The second kappa shape index (κ2) is 3.81. The van der Waals surface area contributed by atoms with Crippen LogP contribution in [0.5, 0.6) is 0 Å². The van der Waals surface area contributed by atoms with Crippen molar-refractivity contribution in [2.24, 2.45) is 5.92 Å². The van der Waals surface area contributed by atoms with Gasteiger partial charge in [0.05, 0.1) is 5.02 Å². The van der Waals surface area contributed by atoms with Gasteiger partial charge in [-0.1, -0.05) is 18.5 Å². The molecule has 1 aliphatic heterocycles. The molecule has 1 heterocycles. The first-order valence-electron chi connectivity index (χ1n) is 4.83. The fraction of sp³-hybridized carbons (Fsp3) is 0.364. The predicted octanol–water partition coefficient (Wildman–Crippen LogP) is 2.85. The molecule has 1 atom stereocenters. The van der Waals surface area contributed by atoms with Crippen LogP contribution in [0.4, 0.5) is 10.1 Å². The molecular weight excluding hydrogens is 217 g/mol. The number of hydrogen-bond donors (Lipinski definition) is 0. The number of amides is 1. The van der Waals surface area contributed by atoms with Crippen molar-refractivity contribution < 1.29 is 9.18 Å². The first kappa shape index (κ1) is 10.4. The summed E-state index contributed by atoms with van der Waals surface area (Å²) in [5, 5.41) is 0.0819. The summed E-state index contributed by atoms with van der Waals surface area (Å²) >= 11 is 5.57. The van der Waals surface area contributed by atoms with Crippen LogP contribution < -0.4 is 4.90 Å². The van der Waals surface area contributed by atoms with Crippen LogP contribution >= 0.6 is 11.6 Å². The lowest BCUT2D eigenvalue weighted by Gasteiger charge is -2.16.